The van der Waals surface area contributed by atoms with Crippen LogP contribution in [-0.4, -0.2) is 62.6 Å². The number of β-amino-alcohol motifs (C(OH)–C–C–N with tert-alkyl or cyclic N) is 1. The molecule has 1 aliphatic heterocycles. The number of hydrogen-bond donors (Lipinski definition) is 3. The summed E-state index contributed by atoms with van der Waals surface area (Å²) >= 11 is 0. The number of aliphatic hydroxyl groups excluding tert-OH is 1. The summed E-state index contributed by atoms with van der Waals surface area (Å²) in [7, 11) is 3.46. The molecular formula is C26H26N6O4. The van der Waals surface area contributed by atoms with Crippen LogP contribution < -0.4 is 15.4 Å². The SMILES string of the molecule is CNC(=O)c1cc(Oc2ccc3c(c2)nc(Nc2ccc(C(=O)N4CC[C@H](O)C4)cc2)n3C)ccn1. The second-order valence-corrected chi connectivity index (χ2v) is 8.60. The molecule has 1 atom stereocenters. The molecule has 0 bridgehead atoms. The Balaban J connectivity index is 1.31. The largest absolute Gasteiger partial charge is 0.457 e. The Morgan fingerprint density at radius 3 is 2.58 bits per heavy atom. The maximum atomic E-state index is 12.6. The van der Waals surface area contributed by atoms with Gasteiger partial charge in [0.25, 0.3) is 11.8 Å². The maximum absolute atomic E-state index is 12.6. The van der Waals surface area contributed by atoms with E-state index in [1.807, 2.05) is 41.9 Å². The fourth-order valence-electron chi connectivity index (χ4n) is 4.15. The second kappa shape index (κ2) is 9.67. The van der Waals surface area contributed by atoms with Crippen molar-refractivity contribution in [3.8, 4) is 11.5 Å². The molecule has 0 saturated carbocycles. The van der Waals surface area contributed by atoms with Crippen LogP contribution in [0.15, 0.2) is 60.8 Å². The minimum absolute atomic E-state index is 0.0787. The van der Waals surface area contributed by atoms with Gasteiger partial charge in [0.05, 0.1) is 17.1 Å². The molecule has 0 spiro atoms. The van der Waals surface area contributed by atoms with E-state index in [0.29, 0.717) is 42.5 Å². The molecule has 3 heterocycles. The van der Waals surface area contributed by atoms with Crippen LogP contribution in [0.1, 0.15) is 27.3 Å². The molecule has 2 aromatic heterocycles. The number of carbonyl (C=O) groups is 2. The third kappa shape index (κ3) is 4.71. The Labute approximate surface area is 207 Å². The molecule has 10 heteroatoms. The fraction of sp³-hybridized carbons (Fsp3) is 0.231. The van der Waals surface area contributed by atoms with Crippen molar-refractivity contribution in [3.63, 3.8) is 0 Å². The van der Waals surface area contributed by atoms with E-state index in [-0.39, 0.29) is 17.5 Å². The van der Waals surface area contributed by atoms with Crippen LogP contribution in [-0.2, 0) is 7.05 Å². The van der Waals surface area contributed by atoms with Crippen molar-refractivity contribution in [3.05, 3.63) is 72.1 Å². The van der Waals surface area contributed by atoms with E-state index in [0.717, 1.165) is 16.7 Å². The number of hydrogen-bond acceptors (Lipinski definition) is 7. The number of imidazole rings is 1. The van der Waals surface area contributed by atoms with Gasteiger partial charge >= 0.3 is 0 Å². The lowest BCUT2D eigenvalue weighted by atomic mass is 10.2. The van der Waals surface area contributed by atoms with Gasteiger partial charge in [-0.15, -0.1) is 0 Å². The summed E-state index contributed by atoms with van der Waals surface area (Å²) in [6.07, 6.45) is 1.70. The Bertz CT molecular complexity index is 1430. The van der Waals surface area contributed by atoms with Gasteiger partial charge in [-0.2, -0.15) is 0 Å². The monoisotopic (exact) mass is 486 g/mol. The third-order valence-corrected chi connectivity index (χ3v) is 6.12. The van der Waals surface area contributed by atoms with E-state index in [9.17, 15) is 14.7 Å². The van der Waals surface area contributed by atoms with Crippen molar-refractivity contribution >= 4 is 34.5 Å². The number of amides is 2. The molecule has 0 unspecified atom stereocenters. The normalized spacial score (nSPS) is 15.2. The van der Waals surface area contributed by atoms with Crippen LogP contribution >= 0.6 is 0 Å². The topological polar surface area (TPSA) is 122 Å². The van der Waals surface area contributed by atoms with Crippen molar-refractivity contribution in [2.75, 3.05) is 25.5 Å². The van der Waals surface area contributed by atoms with Gasteiger partial charge in [-0.05, 0) is 48.9 Å². The smallest absolute Gasteiger partial charge is 0.269 e. The first-order valence-electron chi connectivity index (χ1n) is 11.6. The first-order valence-corrected chi connectivity index (χ1v) is 11.6. The van der Waals surface area contributed by atoms with Gasteiger partial charge in [0.2, 0.25) is 5.95 Å². The van der Waals surface area contributed by atoms with Gasteiger partial charge in [-0.1, -0.05) is 0 Å². The highest BCUT2D eigenvalue weighted by Crippen LogP contribution is 2.28. The molecule has 2 amide bonds. The van der Waals surface area contributed by atoms with Crippen LogP contribution in [0.5, 0.6) is 11.5 Å². The number of ether oxygens (including phenoxy) is 1. The molecule has 3 N–H and O–H groups in total. The first kappa shape index (κ1) is 23.3. The number of aliphatic hydroxyl groups is 1. The quantitative estimate of drug-likeness (QED) is 0.383. The Morgan fingerprint density at radius 1 is 1.08 bits per heavy atom. The standard InChI is InChI=1S/C26H26N6O4/c1-27-24(34)22-14-20(9-11-28-22)36-19-7-8-23-21(13-19)30-26(31(23)2)29-17-5-3-16(4-6-17)25(35)32-12-10-18(33)15-32/h3-9,11,13-14,18,33H,10,12,15H2,1-2H3,(H,27,34)(H,29,30)/t18-/m0/s1. The van der Waals surface area contributed by atoms with Crippen LogP contribution in [0, 0.1) is 0 Å². The zero-order valence-corrected chi connectivity index (χ0v) is 19.9. The minimum Gasteiger partial charge on any atom is -0.457 e. The van der Waals surface area contributed by atoms with Crippen LogP contribution in [0.2, 0.25) is 0 Å². The number of pyridine rings is 1. The van der Waals surface area contributed by atoms with E-state index in [4.69, 9.17) is 9.72 Å². The summed E-state index contributed by atoms with van der Waals surface area (Å²) in [6.45, 7) is 0.947. The average molecular weight is 487 g/mol. The lowest BCUT2D eigenvalue weighted by Gasteiger charge is -2.15. The van der Waals surface area contributed by atoms with E-state index in [1.165, 1.54) is 6.20 Å². The van der Waals surface area contributed by atoms with Crippen LogP contribution in [0.25, 0.3) is 11.0 Å². The Kier molecular flexibility index (Phi) is 6.26. The summed E-state index contributed by atoms with van der Waals surface area (Å²) in [5, 5.41) is 15.5. The van der Waals surface area contributed by atoms with Crippen molar-refractivity contribution in [1.29, 1.82) is 0 Å². The van der Waals surface area contributed by atoms with E-state index < -0.39 is 6.10 Å². The van der Waals surface area contributed by atoms with Gasteiger partial charge < -0.3 is 29.9 Å². The molecule has 1 aliphatic rings. The van der Waals surface area contributed by atoms with Gasteiger partial charge in [-0.25, -0.2) is 4.98 Å². The molecular weight excluding hydrogens is 460 g/mol. The van der Waals surface area contributed by atoms with Gasteiger partial charge in [0.15, 0.2) is 0 Å². The number of rotatable bonds is 6. The molecule has 5 rings (SSSR count). The number of nitrogens with one attached hydrogen (secondary N) is 2. The van der Waals surface area contributed by atoms with Crippen molar-refractivity contribution in [2.45, 2.75) is 12.5 Å². The van der Waals surface area contributed by atoms with E-state index in [1.54, 1.807) is 36.2 Å². The van der Waals surface area contributed by atoms with E-state index in [2.05, 4.69) is 15.6 Å². The molecule has 4 aromatic rings. The number of fused-ring (bicyclic) bond motifs is 1. The summed E-state index contributed by atoms with van der Waals surface area (Å²) in [6, 6.07) is 16.0. The molecule has 1 fully saturated rings. The zero-order chi connectivity index (χ0) is 25.2. The lowest BCUT2D eigenvalue weighted by Crippen LogP contribution is -2.29. The second-order valence-electron chi connectivity index (χ2n) is 8.60. The summed E-state index contributed by atoms with van der Waals surface area (Å²) in [5.74, 6) is 1.34. The van der Waals surface area contributed by atoms with E-state index >= 15 is 0 Å². The molecule has 184 valence electrons. The number of anilines is 2. The molecule has 1 saturated heterocycles. The number of carbonyl (C=O) groups excluding carboxylic acids is 2. The number of nitrogens with zero attached hydrogens (tertiary/aromatic N) is 4. The van der Waals surface area contributed by atoms with Gasteiger partial charge in [0.1, 0.15) is 17.2 Å². The zero-order valence-electron chi connectivity index (χ0n) is 19.9. The van der Waals surface area contributed by atoms with Crippen LogP contribution in [0.3, 0.4) is 0 Å². The Morgan fingerprint density at radius 2 is 1.86 bits per heavy atom. The molecule has 2 aromatic carbocycles. The molecule has 36 heavy (non-hydrogen) atoms. The Hall–Kier alpha value is -4.44. The van der Waals surface area contributed by atoms with Gasteiger partial charge in [0, 0.05) is 56.8 Å². The number of benzene rings is 2. The number of aromatic nitrogens is 3. The summed E-state index contributed by atoms with van der Waals surface area (Å²) in [5.41, 5.74) is 3.28. The predicted molar refractivity (Wildman–Crippen MR) is 135 cm³/mol. The highest BCUT2D eigenvalue weighted by atomic mass is 16.5. The summed E-state index contributed by atoms with van der Waals surface area (Å²) < 4.78 is 7.86. The lowest BCUT2D eigenvalue weighted by molar-refractivity contribution is 0.0765. The van der Waals surface area contributed by atoms with Gasteiger partial charge in [-0.3, -0.25) is 14.6 Å². The number of aryl methyl sites for hydroxylation is 1. The highest BCUT2D eigenvalue weighted by Gasteiger charge is 2.25. The average Bonchev–Trinajstić information content (AvgIpc) is 3.46. The first-order chi connectivity index (χ1) is 17.4. The van der Waals surface area contributed by atoms with Crippen molar-refractivity contribution < 1.29 is 19.4 Å². The minimum atomic E-state index is -0.442. The predicted octanol–water partition coefficient (Wildman–Crippen LogP) is 3.07. The van der Waals surface area contributed by atoms with Crippen molar-refractivity contribution in [2.24, 2.45) is 7.05 Å². The molecule has 10 nitrogen and oxygen atoms in total. The maximum Gasteiger partial charge on any atom is 0.269 e. The molecule has 0 aliphatic carbocycles. The third-order valence-electron chi connectivity index (χ3n) is 6.12. The van der Waals surface area contributed by atoms with Crippen molar-refractivity contribution in [1.82, 2.24) is 24.8 Å². The highest BCUT2D eigenvalue weighted by molar-refractivity contribution is 5.95. The number of likely N-dealkylation sites (tertiary alicyclic amines) is 1. The fourth-order valence-corrected chi connectivity index (χ4v) is 4.15. The molecule has 0 radical (unpaired) electrons. The van der Waals surface area contributed by atoms with Crippen LogP contribution in [0.4, 0.5) is 11.6 Å². The summed E-state index contributed by atoms with van der Waals surface area (Å²) in [4.78, 5) is 34.8.